The van der Waals surface area contributed by atoms with E-state index >= 15 is 0 Å². The summed E-state index contributed by atoms with van der Waals surface area (Å²) in [6, 6.07) is 0. The van der Waals surface area contributed by atoms with Gasteiger partial charge in [0.25, 0.3) is 0 Å². The van der Waals surface area contributed by atoms with Gasteiger partial charge in [-0.3, -0.25) is 0 Å². The van der Waals surface area contributed by atoms with Gasteiger partial charge < -0.3 is 9.79 Å². The van der Waals surface area contributed by atoms with Crippen molar-refractivity contribution in [1.82, 2.24) is 4.67 Å². The van der Waals surface area contributed by atoms with E-state index in [9.17, 15) is 4.57 Å². The van der Waals surface area contributed by atoms with Crippen LogP contribution in [0.1, 0.15) is 33.6 Å². The first-order valence-corrected chi connectivity index (χ1v) is 6.13. The molecule has 1 fully saturated rings. The van der Waals surface area contributed by atoms with Gasteiger partial charge in [-0.2, -0.15) is 0 Å². The lowest BCUT2D eigenvalue weighted by atomic mass is 9.86. The smallest absolute Gasteiger partial charge is 0.312 e. The Labute approximate surface area is 79.2 Å². The average Bonchev–Trinajstić information content (AvgIpc) is 1.79. The van der Waals surface area contributed by atoms with Crippen LogP contribution in [0.15, 0.2) is 0 Å². The molecule has 4 nitrogen and oxygen atoms in total. The zero-order valence-corrected chi connectivity index (χ0v) is 9.29. The molecule has 1 aliphatic rings. The van der Waals surface area contributed by atoms with Crippen LogP contribution in [0.2, 0.25) is 0 Å². The Bertz CT molecular complexity index is 236. The number of nitrogens with zero attached hydrogens (tertiary/aromatic N) is 1. The third kappa shape index (κ3) is 2.53. The fourth-order valence-electron chi connectivity index (χ4n) is 2.19. The van der Waals surface area contributed by atoms with Crippen LogP contribution in [-0.2, 0) is 4.57 Å². The zero-order chi connectivity index (χ0) is 10.3. The van der Waals surface area contributed by atoms with Gasteiger partial charge in [0.05, 0.1) is 0 Å². The first kappa shape index (κ1) is 11.2. The number of rotatable bonds is 1. The molecule has 1 heterocycles. The van der Waals surface area contributed by atoms with Gasteiger partial charge >= 0.3 is 7.75 Å². The molecule has 0 bridgehead atoms. The van der Waals surface area contributed by atoms with E-state index in [0.29, 0.717) is 12.5 Å². The second-order valence-electron chi connectivity index (χ2n) is 4.55. The van der Waals surface area contributed by atoms with Gasteiger partial charge in [-0.05, 0) is 32.6 Å². The van der Waals surface area contributed by atoms with Crippen molar-refractivity contribution in [3.8, 4) is 0 Å². The summed E-state index contributed by atoms with van der Waals surface area (Å²) in [5.74, 6) is 0.554. The van der Waals surface area contributed by atoms with E-state index in [-0.39, 0.29) is 5.54 Å². The van der Waals surface area contributed by atoms with Crippen molar-refractivity contribution in [3.05, 3.63) is 0 Å². The molecular formula is C8H18NO3P. The van der Waals surface area contributed by atoms with Gasteiger partial charge in [0.15, 0.2) is 0 Å². The van der Waals surface area contributed by atoms with Crippen molar-refractivity contribution in [2.24, 2.45) is 5.92 Å². The first-order valence-electron chi connectivity index (χ1n) is 4.57. The van der Waals surface area contributed by atoms with Crippen molar-refractivity contribution < 1.29 is 14.4 Å². The quantitative estimate of drug-likeness (QED) is 0.641. The minimum atomic E-state index is -4.06. The van der Waals surface area contributed by atoms with Crippen LogP contribution in [0, 0.1) is 5.92 Å². The highest BCUT2D eigenvalue weighted by molar-refractivity contribution is 7.49. The summed E-state index contributed by atoms with van der Waals surface area (Å²) in [7, 11) is -4.06. The van der Waals surface area contributed by atoms with Gasteiger partial charge in [0, 0.05) is 12.1 Å². The minimum absolute atomic E-state index is 0.378. The molecule has 0 aromatic carbocycles. The summed E-state index contributed by atoms with van der Waals surface area (Å²) in [6.45, 7) is 6.40. The van der Waals surface area contributed by atoms with Gasteiger partial charge in [-0.15, -0.1) is 0 Å². The van der Waals surface area contributed by atoms with Crippen LogP contribution in [0.3, 0.4) is 0 Å². The van der Waals surface area contributed by atoms with Crippen LogP contribution in [-0.4, -0.2) is 26.5 Å². The second kappa shape index (κ2) is 3.35. The summed E-state index contributed by atoms with van der Waals surface area (Å²) in [5, 5.41) is 0. The molecule has 0 saturated carbocycles. The molecule has 1 rings (SSSR count). The normalized spacial score (nSPS) is 30.4. The molecule has 0 radical (unpaired) electrons. The monoisotopic (exact) mass is 207 g/mol. The molecule has 1 atom stereocenters. The molecule has 1 aliphatic heterocycles. The van der Waals surface area contributed by atoms with Gasteiger partial charge in [0.1, 0.15) is 0 Å². The van der Waals surface area contributed by atoms with Crippen molar-refractivity contribution in [3.63, 3.8) is 0 Å². The summed E-state index contributed by atoms with van der Waals surface area (Å²) >= 11 is 0. The number of hydrogen-bond donors (Lipinski definition) is 2. The standard InChI is InChI=1S/C8H18NO3P/c1-7-4-5-9(13(10,11)12)8(2,3)6-7/h7H,4-6H2,1-3H3,(H2,10,11,12). The summed E-state index contributed by atoms with van der Waals surface area (Å²) in [4.78, 5) is 18.2. The van der Waals surface area contributed by atoms with Crippen LogP contribution >= 0.6 is 7.75 Å². The zero-order valence-electron chi connectivity index (χ0n) is 8.40. The van der Waals surface area contributed by atoms with Crippen molar-refractivity contribution in [2.75, 3.05) is 6.54 Å². The molecule has 0 aromatic rings. The molecule has 1 saturated heterocycles. The Morgan fingerprint density at radius 3 is 2.38 bits per heavy atom. The molecule has 0 aromatic heterocycles. The van der Waals surface area contributed by atoms with E-state index in [0.717, 1.165) is 12.8 Å². The molecule has 0 amide bonds. The number of piperidine rings is 1. The fraction of sp³-hybridized carbons (Fsp3) is 1.00. The second-order valence-corrected chi connectivity index (χ2v) is 6.06. The summed E-state index contributed by atoms with van der Waals surface area (Å²) in [5.41, 5.74) is -0.378. The summed E-state index contributed by atoms with van der Waals surface area (Å²) in [6.07, 6.45) is 1.71. The van der Waals surface area contributed by atoms with E-state index in [2.05, 4.69) is 6.92 Å². The topological polar surface area (TPSA) is 60.8 Å². The van der Waals surface area contributed by atoms with Crippen molar-refractivity contribution >= 4 is 7.75 Å². The van der Waals surface area contributed by atoms with E-state index in [1.165, 1.54) is 4.67 Å². The van der Waals surface area contributed by atoms with Crippen LogP contribution in [0.4, 0.5) is 0 Å². The molecule has 5 heteroatoms. The van der Waals surface area contributed by atoms with Crippen LogP contribution in [0.25, 0.3) is 0 Å². The van der Waals surface area contributed by atoms with Gasteiger partial charge in [0.2, 0.25) is 0 Å². The lowest BCUT2D eigenvalue weighted by Gasteiger charge is -2.44. The molecule has 1 unspecified atom stereocenters. The molecule has 0 aliphatic carbocycles. The SMILES string of the molecule is CC1CCN(P(=O)(O)O)C(C)(C)C1. The highest BCUT2D eigenvalue weighted by Gasteiger charge is 2.41. The molecule has 2 N–H and O–H groups in total. The maximum atomic E-state index is 11.1. The summed E-state index contributed by atoms with van der Waals surface area (Å²) < 4.78 is 12.4. The first-order chi connectivity index (χ1) is 5.73. The largest absolute Gasteiger partial charge is 0.403 e. The Morgan fingerprint density at radius 1 is 1.46 bits per heavy atom. The molecule has 13 heavy (non-hydrogen) atoms. The van der Waals surface area contributed by atoms with Gasteiger partial charge in [-0.25, -0.2) is 9.24 Å². The predicted molar refractivity (Wildman–Crippen MR) is 51.2 cm³/mol. The Morgan fingerprint density at radius 2 is 2.00 bits per heavy atom. The molecular weight excluding hydrogens is 189 g/mol. The molecule has 0 spiro atoms. The predicted octanol–water partition coefficient (Wildman–Crippen LogP) is 1.59. The Balaban J connectivity index is 2.82. The van der Waals surface area contributed by atoms with E-state index < -0.39 is 7.75 Å². The van der Waals surface area contributed by atoms with E-state index in [4.69, 9.17) is 9.79 Å². The van der Waals surface area contributed by atoms with Crippen LogP contribution in [0.5, 0.6) is 0 Å². The highest BCUT2D eigenvalue weighted by atomic mass is 31.2. The maximum Gasteiger partial charge on any atom is 0.403 e. The third-order valence-corrected chi connectivity index (χ3v) is 4.07. The van der Waals surface area contributed by atoms with Gasteiger partial charge in [-0.1, -0.05) is 6.92 Å². The fourth-order valence-corrected chi connectivity index (χ4v) is 3.35. The lowest BCUT2D eigenvalue weighted by molar-refractivity contribution is 0.0990. The Kier molecular flexibility index (Phi) is 2.89. The van der Waals surface area contributed by atoms with E-state index in [1.807, 2.05) is 13.8 Å². The highest BCUT2D eigenvalue weighted by Crippen LogP contribution is 2.49. The van der Waals surface area contributed by atoms with Crippen molar-refractivity contribution in [2.45, 2.75) is 39.2 Å². The molecule has 78 valence electrons. The minimum Gasteiger partial charge on any atom is -0.312 e. The van der Waals surface area contributed by atoms with Crippen molar-refractivity contribution in [1.29, 1.82) is 0 Å². The average molecular weight is 207 g/mol. The van der Waals surface area contributed by atoms with Crippen LogP contribution < -0.4 is 0 Å². The van der Waals surface area contributed by atoms with E-state index in [1.54, 1.807) is 0 Å². The maximum absolute atomic E-state index is 11.1. The lowest BCUT2D eigenvalue weighted by Crippen LogP contribution is -2.47. The number of hydrogen-bond acceptors (Lipinski definition) is 1. The third-order valence-electron chi connectivity index (χ3n) is 2.69. The Hall–Kier alpha value is 0.110.